The van der Waals surface area contributed by atoms with E-state index in [4.69, 9.17) is 0 Å². The number of urea groups is 1. The third-order valence-electron chi connectivity index (χ3n) is 3.10. The van der Waals surface area contributed by atoms with E-state index in [0.29, 0.717) is 19.5 Å². The third kappa shape index (κ3) is 4.14. The molecule has 0 bridgehead atoms. The van der Waals surface area contributed by atoms with Gasteiger partial charge < -0.3 is 15.3 Å². The molecule has 1 aliphatic heterocycles. The van der Waals surface area contributed by atoms with Crippen LogP contribution in [0, 0.1) is 0 Å². The van der Waals surface area contributed by atoms with Crippen LogP contribution in [0.3, 0.4) is 0 Å². The molecule has 0 radical (unpaired) electrons. The van der Waals surface area contributed by atoms with Crippen LogP contribution in [0.15, 0.2) is 24.3 Å². The smallest absolute Gasteiger partial charge is 0.321 e. The second-order valence-electron chi connectivity index (χ2n) is 4.66. The lowest BCUT2D eigenvalue weighted by molar-refractivity contribution is 0.176. The van der Waals surface area contributed by atoms with Crippen LogP contribution in [-0.2, 0) is 5.75 Å². The molecule has 2 N–H and O–H groups in total. The second-order valence-corrected chi connectivity index (χ2v) is 5.93. The van der Waals surface area contributed by atoms with Crippen molar-refractivity contribution >= 4 is 23.5 Å². The minimum absolute atomic E-state index is 0.128. The molecular formula is C14H20N2O2S. The highest BCUT2D eigenvalue weighted by Gasteiger charge is 2.24. The van der Waals surface area contributed by atoms with Gasteiger partial charge in [-0.25, -0.2) is 4.79 Å². The van der Waals surface area contributed by atoms with Crippen molar-refractivity contribution in [2.24, 2.45) is 0 Å². The molecule has 1 heterocycles. The van der Waals surface area contributed by atoms with Crippen LogP contribution in [-0.4, -0.2) is 41.0 Å². The number of nitrogens with one attached hydrogen (secondary N) is 1. The summed E-state index contributed by atoms with van der Waals surface area (Å²) in [6.45, 7) is 3.19. The molecule has 2 amide bonds. The normalized spacial score (nSPS) is 18.6. The predicted molar refractivity (Wildman–Crippen MR) is 79.5 cm³/mol. The van der Waals surface area contributed by atoms with Gasteiger partial charge in [0, 0.05) is 24.5 Å². The molecule has 0 saturated carbocycles. The number of anilines is 1. The lowest BCUT2D eigenvalue weighted by Gasteiger charge is -2.16. The molecule has 0 spiro atoms. The van der Waals surface area contributed by atoms with Gasteiger partial charge in [0.2, 0.25) is 0 Å². The number of nitrogens with zero attached hydrogens (tertiary/aromatic N) is 1. The van der Waals surface area contributed by atoms with E-state index >= 15 is 0 Å². The lowest BCUT2D eigenvalue weighted by Crippen LogP contribution is -2.33. The van der Waals surface area contributed by atoms with Gasteiger partial charge in [0.15, 0.2) is 0 Å². The van der Waals surface area contributed by atoms with Gasteiger partial charge in [-0.1, -0.05) is 19.1 Å². The third-order valence-corrected chi connectivity index (χ3v) is 4.05. The molecule has 0 unspecified atom stereocenters. The quantitative estimate of drug-likeness (QED) is 0.891. The lowest BCUT2D eigenvalue weighted by atomic mass is 10.2. The second kappa shape index (κ2) is 6.82. The monoisotopic (exact) mass is 280 g/mol. The van der Waals surface area contributed by atoms with Crippen LogP contribution < -0.4 is 5.32 Å². The first-order valence-corrected chi connectivity index (χ1v) is 7.75. The molecular weight excluding hydrogens is 260 g/mol. The van der Waals surface area contributed by atoms with E-state index in [1.54, 1.807) is 4.90 Å². The number of likely N-dealkylation sites (tertiary alicyclic amines) is 1. The van der Waals surface area contributed by atoms with E-state index in [1.807, 2.05) is 30.0 Å². The van der Waals surface area contributed by atoms with Crippen LogP contribution in [0.2, 0.25) is 0 Å². The van der Waals surface area contributed by atoms with E-state index < -0.39 is 0 Å². The Hall–Kier alpha value is -1.20. The van der Waals surface area contributed by atoms with Gasteiger partial charge in [0.25, 0.3) is 0 Å². The van der Waals surface area contributed by atoms with Gasteiger partial charge in [-0.2, -0.15) is 11.8 Å². The SMILES string of the molecule is CCSCc1cccc(NC(=O)N2CC[C@H](O)C2)c1. The van der Waals surface area contributed by atoms with Crippen LogP contribution in [0.25, 0.3) is 0 Å². The average Bonchev–Trinajstić information content (AvgIpc) is 2.83. The highest BCUT2D eigenvalue weighted by molar-refractivity contribution is 7.98. The summed E-state index contributed by atoms with van der Waals surface area (Å²) in [6.07, 6.45) is 0.290. The fourth-order valence-electron chi connectivity index (χ4n) is 2.09. The molecule has 0 aliphatic carbocycles. The Kier molecular flexibility index (Phi) is 5.10. The average molecular weight is 280 g/mol. The van der Waals surface area contributed by atoms with E-state index in [-0.39, 0.29) is 12.1 Å². The zero-order valence-corrected chi connectivity index (χ0v) is 11.9. The summed E-state index contributed by atoms with van der Waals surface area (Å²) in [5, 5.41) is 12.3. The minimum Gasteiger partial charge on any atom is -0.391 e. The fraction of sp³-hybridized carbons (Fsp3) is 0.500. The summed E-state index contributed by atoms with van der Waals surface area (Å²) in [6, 6.07) is 7.80. The highest BCUT2D eigenvalue weighted by Crippen LogP contribution is 2.17. The molecule has 2 rings (SSSR count). The summed E-state index contributed by atoms with van der Waals surface area (Å²) >= 11 is 1.86. The Morgan fingerprint density at radius 3 is 3.11 bits per heavy atom. The summed E-state index contributed by atoms with van der Waals surface area (Å²) in [4.78, 5) is 13.6. The molecule has 19 heavy (non-hydrogen) atoms. The summed E-state index contributed by atoms with van der Waals surface area (Å²) in [5.41, 5.74) is 2.03. The largest absolute Gasteiger partial charge is 0.391 e. The topological polar surface area (TPSA) is 52.6 Å². The maximum Gasteiger partial charge on any atom is 0.321 e. The number of hydrogen-bond donors (Lipinski definition) is 2. The number of carbonyl (C=O) groups excluding carboxylic acids is 1. The molecule has 0 aromatic heterocycles. The Morgan fingerprint density at radius 1 is 1.58 bits per heavy atom. The van der Waals surface area contributed by atoms with Crippen molar-refractivity contribution in [2.45, 2.75) is 25.2 Å². The number of rotatable bonds is 4. The molecule has 1 aromatic rings. The maximum absolute atomic E-state index is 12.0. The minimum atomic E-state index is -0.377. The zero-order chi connectivity index (χ0) is 13.7. The molecule has 1 atom stereocenters. The zero-order valence-electron chi connectivity index (χ0n) is 11.1. The number of aliphatic hydroxyl groups excluding tert-OH is 1. The number of benzene rings is 1. The number of thioether (sulfide) groups is 1. The van der Waals surface area contributed by atoms with Gasteiger partial charge in [-0.05, 0) is 29.9 Å². The van der Waals surface area contributed by atoms with Crippen molar-refractivity contribution in [3.05, 3.63) is 29.8 Å². The molecule has 1 aliphatic rings. The predicted octanol–water partition coefficient (Wildman–Crippen LogP) is 2.54. The van der Waals surface area contributed by atoms with E-state index in [0.717, 1.165) is 17.2 Å². The molecule has 4 nitrogen and oxygen atoms in total. The first-order chi connectivity index (χ1) is 9.19. The fourth-order valence-corrected chi connectivity index (χ4v) is 2.71. The standard InChI is InChI=1S/C14H20N2O2S/c1-2-19-10-11-4-3-5-12(8-11)15-14(18)16-7-6-13(17)9-16/h3-5,8,13,17H,2,6-7,9-10H2,1H3,(H,15,18)/t13-/m0/s1. The first kappa shape index (κ1) is 14.2. The van der Waals surface area contributed by atoms with Crippen molar-refractivity contribution in [1.82, 2.24) is 4.90 Å². The molecule has 5 heteroatoms. The summed E-state index contributed by atoms with van der Waals surface area (Å²) in [5.74, 6) is 2.05. The van der Waals surface area contributed by atoms with Crippen molar-refractivity contribution in [3.8, 4) is 0 Å². The van der Waals surface area contributed by atoms with Crippen molar-refractivity contribution in [2.75, 3.05) is 24.2 Å². The number of β-amino-alcohol motifs (C(OH)–C–C–N with tert-alkyl or cyclic N) is 1. The van der Waals surface area contributed by atoms with Gasteiger partial charge in [0.1, 0.15) is 0 Å². The van der Waals surface area contributed by atoms with E-state index in [2.05, 4.69) is 18.3 Å². The van der Waals surface area contributed by atoms with Crippen LogP contribution in [0.5, 0.6) is 0 Å². The highest BCUT2D eigenvalue weighted by atomic mass is 32.2. The van der Waals surface area contributed by atoms with Crippen LogP contribution in [0.4, 0.5) is 10.5 Å². The van der Waals surface area contributed by atoms with Gasteiger partial charge in [-0.3, -0.25) is 0 Å². The Labute approximate surface area is 118 Å². The van der Waals surface area contributed by atoms with Gasteiger partial charge in [0.05, 0.1) is 6.10 Å². The number of aliphatic hydroxyl groups is 1. The van der Waals surface area contributed by atoms with Crippen molar-refractivity contribution in [3.63, 3.8) is 0 Å². The Balaban J connectivity index is 1.93. The summed E-state index contributed by atoms with van der Waals surface area (Å²) < 4.78 is 0. The molecule has 1 saturated heterocycles. The van der Waals surface area contributed by atoms with Crippen molar-refractivity contribution in [1.29, 1.82) is 0 Å². The number of amides is 2. The number of carbonyl (C=O) groups is 1. The molecule has 1 fully saturated rings. The van der Waals surface area contributed by atoms with Crippen LogP contribution >= 0.6 is 11.8 Å². The number of hydrogen-bond acceptors (Lipinski definition) is 3. The Bertz CT molecular complexity index is 439. The van der Waals surface area contributed by atoms with Gasteiger partial charge in [-0.15, -0.1) is 0 Å². The Morgan fingerprint density at radius 2 is 2.42 bits per heavy atom. The van der Waals surface area contributed by atoms with Gasteiger partial charge >= 0.3 is 6.03 Å². The molecule has 104 valence electrons. The van der Waals surface area contributed by atoms with Crippen LogP contribution in [0.1, 0.15) is 18.9 Å². The first-order valence-electron chi connectivity index (χ1n) is 6.59. The maximum atomic E-state index is 12.0. The van der Waals surface area contributed by atoms with E-state index in [1.165, 1.54) is 5.56 Å². The van der Waals surface area contributed by atoms with E-state index in [9.17, 15) is 9.90 Å². The summed E-state index contributed by atoms with van der Waals surface area (Å²) in [7, 11) is 0. The van der Waals surface area contributed by atoms with Crippen molar-refractivity contribution < 1.29 is 9.90 Å². The molecule has 1 aromatic carbocycles.